The normalized spacial score (nSPS) is 17.6. The maximum absolute atomic E-state index is 13.1. The van der Waals surface area contributed by atoms with Crippen molar-refractivity contribution in [2.75, 3.05) is 7.11 Å². The lowest BCUT2D eigenvalue weighted by Gasteiger charge is -2.24. The van der Waals surface area contributed by atoms with E-state index in [1.807, 2.05) is 31.2 Å². The Balaban J connectivity index is 1.79. The van der Waals surface area contributed by atoms with Crippen LogP contribution in [0, 0.1) is 0 Å². The van der Waals surface area contributed by atoms with Crippen molar-refractivity contribution in [2.45, 2.75) is 25.9 Å². The number of pyridine rings is 1. The van der Waals surface area contributed by atoms with Crippen LogP contribution in [-0.4, -0.2) is 33.8 Å². The van der Waals surface area contributed by atoms with E-state index in [0.717, 1.165) is 17.5 Å². The second-order valence-electron chi connectivity index (χ2n) is 7.58. The van der Waals surface area contributed by atoms with Gasteiger partial charge in [-0.15, -0.1) is 0 Å². The Morgan fingerprint density at radius 1 is 1.00 bits per heavy atom. The summed E-state index contributed by atoms with van der Waals surface area (Å²) < 4.78 is 5.20. The van der Waals surface area contributed by atoms with Gasteiger partial charge in [0, 0.05) is 18.3 Å². The molecule has 0 aliphatic carbocycles. The molecule has 1 saturated heterocycles. The van der Waals surface area contributed by atoms with Crippen molar-refractivity contribution < 1.29 is 19.4 Å². The molecule has 32 heavy (non-hydrogen) atoms. The number of amides is 1. The highest BCUT2D eigenvalue weighted by Crippen LogP contribution is 2.39. The van der Waals surface area contributed by atoms with Crippen LogP contribution in [0.4, 0.5) is 0 Å². The van der Waals surface area contributed by atoms with E-state index < -0.39 is 17.7 Å². The van der Waals surface area contributed by atoms with Gasteiger partial charge in [0.15, 0.2) is 0 Å². The van der Waals surface area contributed by atoms with E-state index >= 15 is 0 Å². The second kappa shape index (κ2) is 9.06. The molecule has 3 aromatic rings. The molecule has 1 aliphatic rings. The lowest BCUT2D eigenvalue weighted by molar-refractivity contribution is -0.140. The first-order valence-electron chi connectivity index (χ1n) is 10.4. The van der Waals surface area contributed by atoms with Crippen LogP contribution < -0.4 is 4.74 Å². The van der Waals surface area contributed by atoms with Crippen molar-refractivity contribution in [1.29, 1.82) is 0 Å². The zero-order chi connectivity index (χ0) is 22.7. The molecule has 0 bridgehead atoms. The van der Waals surface area contributed by atoms with Crippen LogP contribution in [-0.2, 0) is 22.6 Å². The number of Topliss-reactive ketones (excluding diaryl/α,β-unsaturated/α-hetero) is 1. The number of carbonyl (C=O) groups excluding carboxylic acids is 2. The van der Waals surface area contributed by atoms with E-state index in [-0.39, 0.29) is 17.9 Å². The molecule has 1 N–H and O–H groups in total. The maximum Gasteiger partial charge on any atom is 0.296 e. The molecule has 1 aliphatic heterocycles. The van der Waals surface area contributed by atoms with Crippen LogP contribution in [0.3, 0.4) is 0 Å². The van der Waals surface area contributed by atoms with Crippen molar-refractivity contribution in [2.24, 2.45) is 0 Å². The highest BCUT2D eigenvalue weighted by Gasteiger charge is 2.46. The van der Waals surface area contributed by atoms with E-state index in [9.17, 15) is 14.7 Å². The monoisotopic (exact) mass is 428 g/mol. The minimum absolute atomic E-state index is 0.0476. The molecule has 4 rings (SSSR count). The van der Waals surface area contributed by atoms with Gasteiger partial charge in [0.05, 0.1) is 18.4 Å². The molecule has 1 amide bonds. The maximum atomic E-state index is 13.1. The predicted octanol–water partition coefficient (Wildman–Crippen LogP) is 4.27. The summed E-state index contributed by atoms with van der Waals surface area (Å²) in [5.74, 6) is -0.874. The minimum Gasteiger partial charge on any atom is -0.507 e. The highest BCUT2D eigenvalue weighted by molar-refractivity contribution is 6.46. The Hall–Kier alpha value is -3.93. The molecule has 1 aromatic heterocycles. The van der Waals surface area contributed by atoms with Gasteiger partial charge in [0.25, 0.3) is 11.7 Å². The Bertz CT molecular complexity index is 1150. The molecule has 0 radical (unpaired) electrons. The third-order valence-electron chi connectivity index (χ3n) is 5.66. The Labute approximate surface area is 186 Å². The van der Waals surface area contributed by atoms with Crippen LogP contribution in [0.15, 0.2) is 78.5 Å². The third-order valence-corrected chi connectivity index (χ3v) is 5.66. The standard InChI is InChI=1S/C26H24N2O4/c1-3-17-7-11-19(12-8-17)24(29)22-23(21-6-4-5-15-27-21)28(26(31)25(22)30)16-18-9-13-20(32-2)14-10-18/h4-15,23,29H,3,16H2,1-2H3/b24-22-. The molecule has 2 heterocycles. The Kier molecular flexibility index (Phi) is 6.03. The number of ketones is 1. The van der Waals surface area contributed by atoms with Crippen LogP contribution in [0.2, 0.25) is 0 Å². The lowest BCUT2D eigenvalue weighted by Crippen LogP contribution is -2.29. The Morgan fingerprint density at radius 2 is 1.69 bits per heavy atom. The van der Waals surface area contributed by atoms with Gasteiger partial charge in [-0.25, -0.2) is 0 Å². The molecular formula is C26H24N2O4. The first-order chi connectivity index (χ1) is 15.5. The lowest BCUT2D eigenvalue weighted by atomic mass is 9.97. The van der Waals surface area contributed by atoms with Gasteiger partial charge in [-0.2, -0.15) is 0 Å². The third kappa shape index (κ3) is 3.99. The Morgan fingerprint density at radius 3 is 2.28 bits per heavy atom. The van der Waals surface area contributed by atoms with E-state index in [2.05, 4.69) is 4.98 Å². The van der Waals surface area contributed by atoms with Gasteiger partial charge in [-0.3, -0.25) is 14.6 Å². The summed E-state index contributed by atoms with van der Waals surface area (Å²) in [6, 6.07) is 19.2. The summed E-state index contributed by atoms with van der Waals surface area (Å²) >= 11 is 0. The number of benzene rings is 2. The summed E-state index contributed by atoms with van der Waals surface area (Å²) in [5.41, 5.74) is 3.01. The van der Waals surface area contributed by atoms with Gasteiger partial charge in [-0.05, 0) is 41.8 Å². The number of hydrogen-bond acceptors (Lipinski definition) is 5. The number of aliphatic hydroxyl groups excluding tert-OH is 1. The fourth-order valence-electron chi connectivity index (χ4n) is 3.87. The molecule has 1 atom stereocenters. The number of methoxy groups -OCH3 is 1. The van der Waals surface area contributed by atoms with Crippen molar-refractivity contribution >= 4 is 17.4 Å². The van der Waals surface area contributed by atoms with Gasteiger partial charge < -0.3 is 14.7 Å². The number of aliphatic hydroxyl groups is 1. The zero-order valence-electron chi connectivity index (χ0n) is 18.0. The summed E-state index contributed by atoms with van der Waals surface area (Å²) in [6.45, 7) is 2.24. The second-order valence-corrected chi connectivity index (χ2v) is 7.58. The van der Waals surface area contributed by atoms with E-state index in [0.29, 0.717) is 17.0 Å². The minimum atomic E-state index is -0.788. The average Bonchev–Trinajstić information content (AvgIpc) is 3.09. The highest BCUT2D eigenvalue weighted by atomic mass is 16.5. The van der Waals surface area contributed by atoms with Gasteiger partial charge in [-0.1, -0.05) is 49.4 Å². The molecule has 6 nitrogen and oxygen atoms in total. The number of ether oxygens (including phenoxy) is 1. The fourth-order valence-corrected chi connectivity index (χ4v) is 3.87. The predicted molar refractivity (Wildman–Crippen MR) is 121 cm³/mol. The smallest absolute Gasteiger partial charge is 0.296 e. The molecule has 2 aromatic carbocycles. The molecule has 6 heteroatoms. The van der Waals surface area contributed by atoms with E-state index in [1.54, 1.807) is 55.8 Å². The first-order valence-corrected chi connectivity index (χ1v) is 10.4. The number of aryl methyl sites for hydroxylation is 1. The molecule has 0 saturated carbocycles. The summed E-state index contributed by atoms with van der Waals surface area (Å²) in [7, 11) is 1.58. The van der Waals surface area contributed by atoms with E-state index in [4.69, 9.17) is 4.74 Å². The zero-order valence-corrected chi connectivity index (χ0v) is 18.0. The molecule has 162 valence electrons. The SMILES string of the molecule is CCc1ccc(/C(O)=C2/C(=O)C(=O)N(Cc3ccc(OC)cc3)C2c2ccccn2)cc1. The molecular weight excluding hydrogens is 404 g/mol. The van der Waals surface area contributed by atoms with Crippen LogP contribution in [0.1, 0.15) is 35.3 Å². The van der Waals surface area contributed by atoms with Crippen LogP contribution >= 0.6 is 0 Å². The van der Waals surface area contributed by atoms with Crippen LogP contribution in [0.25, 0.3) is 5.76 Å². The molecule has 1 unspecified atom stereocenters. The summed E-state index contributed by atoms with van der Waals surface area (Å²) in [5, 5.41) is 11.1. The van der Waals surface area contributed by atoms with E-state index in [1.165, 1.54) is 4.90 Å². The number of hydrogen-bond donors (Lipinski definition) is 1. The van der Waals surface area contributed by atoms with Crippen LogP contribution in [0.5, 0.6) is 5.75 Å². The van der Waals surface area contributed by atoms with Crippen molar-refractivity contribution in [3.05, 3.63) is 101 Å². The average molecular weight is 428 g/mol. The summed E-state index contributed by atoms with van der Waals surface area (Å²) in [6.07, 6.45) is 2.47. The number of carbonyl (C=O) groups is 2. The largest absolute Gasteiger partial charge is 0.507 e. The summed E-state index contributed by atoms with van der Waals surface area (Å²) in [4.78, 5) is 32.0. The van der Waals surface area contributed by atoms with Crippen molar-refractivity contribution in [3.8, 4) is 5.75 Å². The number of aromatic nitrogens is 1. The van der Waals surface area contributed by atoms with Crippen molar-refractivity contribution in [1.82, 2.24) is 9.88 Å². The van der Waals surface area contributed by atoms with Crippen molar-refractivity contribution in [3.63, 3.8) is 0 Å². The quantitative estimate of drug-likeness (QED) is 0.360. The topological polar surface area (TPSA) is 79.7 Å². The van der Waals surface area contributed by atoms with Gasteiger partial charge in [0.2, 0.25) is 0 Å². The van der Waals surface area contributed by atoms with Gasteiger partial charge in [0.1, 0.15) is 17.6 Å². The molecule has 0 spiro atoms. The molecule has 1 fully saturated rings. The van der Waals surface area contributed by atoms with Gasteiger partial charge >= 0.3 is 0 Å². The fraction of sp³-hybridized carbons (Fsp3) is 0.192. The number of nitrogens with zero attached hydrogens (tertiary/aromatic N) is 2. The number of likely N-dealkylation sites (tertiary alicyclic amines) is 1. The first kappa shape index (κ1) is 21.3. The number of rotatable bonds is 6.